The zero-order valence-electron chi connectivity index (χ0n) is 31.8. The van der Waals surface area contributed by atoms with Crippen molar-refractivity contribution in [2.75, 3.05) is 4.90 Å². The number of para-hydroxylation sites is 1. The van der Waals surface area contributed by atoms with Crippen molar-refractivity contribution in [2.45, 2.75) is 0 Å². The van der Waals surface area contributed by atoms with Gasteiger partial charge in [-0.3, -0.25) is 0 Å². The summed E-state index contributed by atoms with van der Waals surface area (Å²) in [4.78, 5) is 2.35. The Morgan fingerprint density at radius 2 is 0.810 bits per heavy atom. The lowest BCUT2D eigenvalue weighted by Crippen LogP contribution is -2.10. The number of fused-ring (bicyclic) bond motifs is 6. The van der Waals surface area contributed by atoms with E-state index in [0.29, 0.717) is 0 Å². The predicted octanol–water partition coefficient (Wildman–Crippen LogP) is 15.6. The second kappa shape index (κ2) is 14.1. The average molecular weight is 739 g/mol. The number of hydrogen-bond donors (Lipinski definition) is 0. The third kappa shape index (κ3) is 5.91. The van der Waals surface area contributed by atoms with Gasteiger partial charge in [0.05, 0.1) is 11.0 Å². The summed E-state index contributed by atoms with van der Waals surface area (Å²) < 4.78 is 2.42. The number of benzene rings is 10. The second-order valence-corrected chi connectivity index (χ2v) is 15.0. The molecule has 1 heterocycles. The highest BCUT2D eigenvalue weighted by Crippen LogP contribution is 2.40. The molecule has 0 aliphatic heterocycles. The monoisotopic (exact) mass is 738 g/mol. The van der Waals surface area contributed by atoms with Crippen molar-refractivity contribution in [3.05, 3.63) is 231 Å². The number of aromatic nitrogens is 1. The van der Waals surface area contributed by atoms with Gasteiger partial charge in [0.1, 0.15) is 0 Å². The van der Waals surface area contributed by atoms with E-state index in [1.54, 1.807) is 0 Å². The topological polar surface area (TPSA) is 8.17 Å². The van der Waals surface area contributed by atoms with Crippen LogP contribution in [-0.2, 0) is 0 Å². The molecule has 2 heteroatoms. The molecule has 0 N–H and O–H groups in total. The summed E-state index contributed by atoms with van der Waals surface area (Å²) in [7, 11) is 0. The van der Waals surface area contributed by atoms with E-state index in [4.69, 9.17) is 0 Å². The molecule has 0 spiro atoms. The summed E-state index contributed by atoms with van der Waals surface area (Å²) in [5.74, 6) is 0. The van der Waals surface area contributed by atoms with Gasteiger partial charge in [-0.2, -0.15) is 0 Å². The van der Waals surface area contributed by atoms with Crippen LogP contribution in [0, 0.1) is 0 Å². The van der Waals surface area contributed by atoms with Crippen LogP contribution in [0.5, 0.6) is 0 Å². The van der Waals surface area contributed by atoms with Crippen LogP contribution < -0.4 is 4.90 Å². The number of hydrogen-bond acceptors (Lipinski definition) is 1. The minimum absolute atomic E-state index is 1.10. The highest BCUT2D eigenvalue weighted by molar-refractivity contribution is 6.21. The van der Waals surface area contributed by atoms with Gasteiger partial charge < -0.3 is 9.47 Å². The van der Waals surface area contributed by atoms with Gasteiger partial charge in [-0.1, -0.05) is 164 Å². The molecular weight excluding hydrogens is 701 g/mol. The molecule has 1 aromatic heterocycles. The Kier molecular flexibility index (Phi) is 8.19. The first kappa shape index (κ1) is 33.6. The number of nitrogens with zero attached hydrogens (tertiary/aromatic N) is 2. The smallest absolute Gasteiger partial charge is 0.0547 e. The van der Waals surface area contributed by atoms with E-state index in [0.717, 1.165) is 22.7 Å². The number of rotatable bonds is 7. The van der Waals surface area contributed by atoms with Crippen molar-refractivity contribution in [2.24, 2.45) is 0 Å². The Labute approximate surface area is 338 Å². The van der Waals surface area contributed by atoms with Gasteiger partial charge in [0.15, 0.2) is 0 Å². The lowest BCUT2D eigenvalue weighted by Gasteiger charge is -2.26. The number of anilines is 3. The van der Waals surface area contributed by atoms with Gasteiger partial charge in [-0.05, 0) is 122 Å². The van der Waals surface area contributed by atoms with E-state index in [1.165, 1.54) is 76.7 Å². The van der Waals surface area contributed by atoms with Gasteiger partial charge >= 0.3 is 0 Å². The molecule has 0 saturated heterocycles. The normalized spacial score (nSPS) is 11.4. The molecule has 0 atom stereocenters. The van der Waals surface area contributed by atoms with Crippen LogP contribution in [0.25, 0.3) is 82.4 Å². The summed E-state index contributed by atoms with van der Waals surface area (Å²) in [6.07, 6.45) is 0. The minimum atomic E-state index is 1.10. The van der Waals surface area contributed by atoms with E-state index in [-0.39, 0.29) is 0 Å². The van der Waals surface area contributed by atoms with Crippen LogP contribution in [0.2, 0.25) is 0 Å². The molecule has 11 aromatic rings. The molecule has 2 nitrogen and oxygen atoms in total. The van der Waals surface area contributed by atoms with Gasteiger partial charge in [0.25, 0.3) is 0 Å². The van der Waals surface area contributed by atoms with Crippen molar-refractivity contribution in [3.8, 4) is 39.1 Å². The first-order valence-corrected chi connectivity index (χ1v) is 19.9. The third-order valence-corrected chi connectivity index (χ3v) is 11.5. The maximum absolute atomic E-state index is 2.42. The largest absolute Gasteiger partial charge is 0.310 e. The van der Waals surface area contributed by atoms with E-state index in [9.17, 15) is 0 Å². The Morgan fingerprint density at radius 1 is 0.276 bits per heavy atom. The first-order chi connectivity index (χ1) is 28.7. The zero-order valence-corrected chi connectivity index (χ0v) is 31.8. The molecule has 0 amide bonds. The highest BCUT2D eigenvalue weighted by atomic mass is 15.1. The lowest BCUT2D eigenvalue weighted by molar-refractivity contribution is 1.19. The minimum Gasteiger partial charge on any atom is -0.310 e. The second-order valence-electron chi connectivity index (χ2n) is 15.0. The molecule has 0 radical (unpaired) electrons. The van der Waals surface area contributed by atoms with E-state index >= 15 is 0 Å². The maximum Gasteiger partial charge on any atom is 0.0547 e. The molecule has 0 unspecified atom stereocenters. The Balaban J connectivity index is 0.979. The van der Waals surface area contributed by atoms with Gasteiger partial charge in [-0.25, -0.2) is 0 Å². The summed E-state index contributed by atoms with van der Waals surface area (Å²) in [6, 6.07) is 83.6. The Hall–Kier alpha value is -7.68. The third-order valence-electron chi connectivity index (χ3n) is 11.5. The van der Waals surface area contributed by atoms with Gasteiger partial charge in [0.2, 0.25) is 0 Å². The molecule has 0 bridgehead atoms. The summed E-state index contributed by atoms with van der Waals surface area (Å²) in [5.41, 5.74) is 14.1. The van der Waals surface area contributed by atoms with Crippen LogP contribution in [-0.4, -0.2) is 4.57 Å². The van der Waals surface area contributed by atoms with Crippen molar-refractivity contribution >= 4 is 60.4 Å². The van der Waals surface area contributed by atoms with E-state index in [1.807, 2.05) is 0 Å². The fraction of sp³-hybridized carbons (Fsp3) is 0. The molecule has 11 rings (SSSR count). The molecule has 0 aliphatic rings. The summed E-state index contributed by atoms with van der Waals surface area (Å²) in [6.45, 7) is 0. The van der Waals surface area contributed by atoms with Crippen LogP contribution in [0.1, 0.15) is 0 Å². The predicted molar refractivity (Wildman–Crippen MR) is 247 cm³/mol. The molecule has 10 aromatic carbocycles. The van der Waals surface area contributed by atoms with E-state index < -0.39 is 0 Å². The van der Waals surface area contributed by atoms with Crippen molar-refractivity contribution < 1.29 is 0 Å². The van der Waals surface area contributed by atoms with Crippen molar-refractivity contribution in [3.63, 3.8) is 0 Å². The first-order valence-electron chi connectivity index (χ1n) is 19.9. The summed E-state index contributed by atoms with van der Waals surface area (Å²) >= 11 is 0. The standard InChI is InChI=1S/C56H38N2/c1-3-12-39(13-4-1)41-24-30-48(31-25-41)57(50-18-11-17-45(37-50)40-14-5-2-6-15-40)49-32-26-42(27-33-49)46-23-22-43-28-34-51(38-47(43)36-46)58-54-21-10-9-20-53(54)56-52-19-8-7-16-44(52)29-35-55(56)58/h1-38H. The quantitative estimate of drug-likeness (QED) is 0.158. The van der Waals surface area contributed by atoms with Gasteiger partial charge in [-0.15, -0.1) is 0 Å². The highest BCUT2D eigenvalue weighted by Gasteiger charge is 2.17. The molecule has 0 fully saturated rings. The van der Waals surface area contributed by atoms with Crippen LogP contribution in [0.4, 0.5) is 17.1 Å². The molecule has 272 valence electrons. The summed E-state index contributed by atoms with van der Waals surface area (Å²) in [5, 5.41) is 7.55. The fourth-order valence-corrected chi connectivity index (χ4v) is 8.71. The zero-order chi connectivity index (χ0) is 38.4. The van der Waals surface area contributed by atoms with Crippen LogP contribution in [0.3, 0.4) is 0 Å². The fourth-order valence-electron chi connectivity index (χ4n) is 8.71. The maximum atomic E-state index is 2.42. The average Bonchev–Trinajstić information content (AvgIpc) is 3.65. The van der Waals surface area contributed by atoms with Crippen LogP contribution >= 0.6 is 0 Å². The van der Waals surface area contributed by atoms with E-state index in [2.05, 4.69) is 240 Å². The Bertz CT molecular complexity index is 3250. The van der Waals surface area contributed by atoms with Crippen LogP contribution in [0.15, 0.2) is 231 Å². The molecular formula is C56H38N2. The SMILES string of the molecule is c1ccc(-c2ccc(N(c3ccc(-c4ccc5ccc(-n6c7ccccc7c7c8ccccc8ccc76)cc5c4)cc3)c3cccc(-c4ccccc4)c3)cc2)cc1. The Morgan fingerprint density at radius 3 is 1.55 bits per heavy atom. The van der Waals surface area contributed by atoms with Gasteiger partial charge in [0, 0.05) is 33.5 Å². The lowest BCUT2D eigenvalue weighted by atomic mass is 10.00. The van der Waals surface area contributed by atoms with Crippen molar-refractivity contribution in [1.82, 2.24) is 4.57 Å². The molecule has 58 heavy (non-hydrogen) atoms. The van der Waals surface area contributed by atoms with Crippen molar-refractivity contribution in [1.29, 1.82) is 0 Å². The molecule has 0 saturated carbocycles. The molecule has 0 aliphatic carbocycles.